The van der Waals surface area contributed by atoms with E-state index in [0.717, 1.165) is 35.7 Å². The average molecular weight is 551 g/mol. The molecule has 6 N–H and O–H groups in total. The first-order valence-electron chi connectivity index (χ1n) is 13.5. The predicted molar refractivity (Wildman–Crippen MR) is 153 cm³/mol. The number of piperidine rings is 1. The van der Waals surface area contributed by atoms with E-state index in [2.05, 4.69) is 34.7 Å². The van der Waals surface area contributed by atoms with Gasteiger partial charge in [-0.1, -0.05) is 50.2 Å². The van der Waals surface area contributed by atoms with Gasteiger partial charge < -0.3 is 36.4 Å². The van der Waals surface area contributed by atoms with Crippen molar-refractivity contribution in [1.29, 1.82) is 0 Å². The Morgan fingerprint density at radius 3 is 2.52 bits per heavy atom. The van der Waals surface area contributed by atoms with Crippen LogP contribution in [0.5, 0.6) is 0 Å². The largest absolute Gasteiger partial charge is 0.480 e. The summed E-state index contributed by atoms with van der Waals surface area (Å²) in [6, 6.07) is 13.7. The molecule has 11 heteroatoms. The van der Waals surface area contributed by atoms with Crippen LogP contribution in [0.3, 0.4) is 0 Å². The molecule has 2 aliphatic heterocycles. The summed E-state index contributed by atoms with van der Waals surface area (Å²) in [5.41, 5.74) is 9.90. The van der Waals surface area contributed by atoms with Crippen LogP contribution in [0.1, 0.15) is 37.8 Å². The van der Waals surface area contributed by atoms with Crippen molar-refractivity contribution >= 4 is 35.2 Å². The van der Waals surface area contributed by atoms with Crippen molar-refractivity contribution in [3.8, 4) is 0 Å². The van der Waals surface area contributed by atoms with Crippen molar-refractivity contribution in [2.24, 2.45) is 16.3 Å². The highest BCUT2D eigenvalue weighted by molar-refractivity contribution is 6.05. The fourth-order valence-electron chi connectivity index (χ4n) is 4.78. The Morgan fingerprint density at radius 1 is 1.15 bits per heavy atom. The van der Waals surface area contributed by atoms with Crippen LogP contribution in [0.2, 0.25) is 0 Å². The number of hydrogen-bond donors (Lipinski definition) is 5. The normalized spacial score (nSPS) is 17.6. The summed E-state index contributed by atoms with van der Waals surface area (Å²) in [7, 11) is 0. The molecule has 0 spiro atoms. The van der Waals surface area contributed by atoms with Gasteiger partial charge in [-0.3, -0.25) is 9.79 Å². The van der Waals surface area contributed by atoms with Gasteiger partial charge in [0, 0.05) is 49.6 Å². The van der Waals surface area contributed by atoms with E-state index < -0.39 is 18.1 Å². The molecule has 40 heavy (non-hydrogen) atoms. The van der Waals surface area contributed by atoms with Gasteiger partial charge in [0.2, 0.25) is 5.91 Å². The number of amidine groups is 1. The molecule has 11 nitrogen and oxygen atoms in total. The molecule has 0 saturated carbocycles. The third kappa shape index (κ3) is 7.43. The van der Waals surface area contributed by atoms with Gasteiger partial charge in [-0.25, -0.2) is 9.59 Å². The number of rotatable bonds is 9. The zero-order chi connectivity index (χ0) is 28.7. The molecule has 4 rings (SSSR count). The number of para-hydroxylation sites is 1. The summed E-state index contributed by atoms with van der Waals surface area (Å²) in [5.74, 6) is -0.969. The van der Waals surface area contributed by atoms with Gasteiger partial charge in [0.05, 0.1) is 11.4 Å². The number of carbonyl (C=O) groups excluding carboxylic acids is 2. The first-order valence-corrected chi connectivity index (χ1v) is 13.5. The number of ether oxygens (including phenoxy) is 1. The van der Waals surface area contributed by atoms with Crippen LogP contribution in [-0.2, 0) is 20.9 Å². The fourth-order valence-corrected chi connectivity index (χ4v) is 4.78. The Bertz CT molecular complexity index is 1240. The van der Waals surface area contributed by atoms with Crippen molar-refractivity contribution in [1.82, 2.24) is 16.0 Å². The highest BCUT2D eigenvalue weighted by Gasteiger charge is 2.29. The Hall–Kier alpha value is -4.28. The minimum absolute atomic E-state index is 0.0141. The molecule has 2 amide bonds. The Morgan fingerprint density at radius 2 is 1.88 bits per heavy atom. The van der Waals surface area contributed by atoms with E-state index in [4.69, 9.17) is 15.5 Å². The van der Waals surface area contributed by atoms with E-state index in [1.807, 2.05) is 36.4 Å². The van der Waals surface area contributed by atoms with Crippen LogP contribution in [0.15, 0.2) is 53.5 Å². The molecule has 0 aromatic heterocycles. The molecule has 0 bridgehead atoms. The van der Waals surface area contributed by atoms with E-state index in [1.165, 1.54) is 0 Å². The Labute approximate surface area is 234 Å². The van der Waals surface area contributed by atoms with E-state index in [-0.39, 0.29) is 30.4 Å². The Kier molecular flexibility index (Phi) is 9.13. The standard InChI is InChI=1S/C29H38N6O5/c1-29(2)17-32-25(33-18-29)21-9-6-10-23(24(21)30)35-13-11-20(12-14-35)26(36)31-15-22(27(37)38)34-28(39)40-16-19-7-4-3-5-8-19/h3-10,20,22H,11-18,30H2,1-2H3,(H,31,36)(H,32,33)(H,34,39)(H,37,38)/t22-/m0/s1. The number of carboxylic acid groups (broad SMARTS) is 1. The van der Waals surface area contributed by atoms with Crippen LogP contribution in [0, 0.1) is 11.3 Å². The zero-order valence-electron chi connectivity index (χ0n) is 23.0. The lowest BCUT2D eigenvalue weighted by atomic mass is 9.91. The molecule has 0 unspecified atom stereocenters. The van der Waals surface area contributed by atoms with E-state index in [0.29, 0.717) is 31.6 Å². The first-order chi connectivity index (χ1) is 19.1. The zero-order valence-corrected chi connectivity index (χ0v) is 23.0. The molecule has 214 valence electrons. The number of carbonyl (C=O) groups is 3. The lowest BCUT2D eigenvalue weighted by molar-refractivity contribution is -0.139. The average Bonchev–Trinajstić information content (AvgIpc) is 2.95. The van der Waals surface area contributed by atoms with Crippen LogP contribution in [0.25, 0.3) is 0 Å². The number of aliphatic imine (C=N–C) groups is 1. The van der Waals surface area contributed by atoms with Gasteiger partial charge in [-0.05, 0) is 30.5 Å². The SMILES string of the molecule is CC1(C)CN=C(c2cccc(N3CCC(C(=O)NC[C@H](NC(=O)OCc4ccccc4)C(=O)O)CC3)c2N)NC1. The number of nitrogens with zero attached hydrogens (tertiary/aromatic N) is 2. The third-order valence-electron chi connectivity index (χ3n) is 7.23. The number of nitrogens with one attached hydrogen (secondary N) is 3. The van der Waals surface area contributed by atoms with Crippen molar-refractivity contribution in [2.75, 3.05) is 43.4 Å². The van der Waals surface area contributed by atoms with E-state index in [1.54, 1.807) is 12.1 Å². The highest BCUT2D eigenvalue weighted by atomic mass is 16.5. The van der Waals surface area contributed by atoms with Gasteiger partial charge in [-0.2, -0.15) is 0 Å². The first kappa shape index (κ1) is 28.7. The molecule has 1 saturated heterocycles. The van der Waals surface area contributed by atoms with Crippen LogP contribution < -0.4 is 26.6 Å². The van der Waals surface area contributed by atoms with Crippen molar-refractivity contribution in [2.45, 2.75) is 39.3 Å². The number of alkyl carbamates (subject to hydrolysis) is 1. The number of amides is 2. The third-order valence-corrected chi connectivity index (χ3v) is 7.23. The maximum Gasteiger partial charge on any atom is 0.408 e. The molecule has 2 aromatic rings. The van der Waals surface area contributed by atoms with E-state index in [9.17, 15) is 19.5 Å². The quantitative estimate of drug-likeness (QED) is 0.298. The monoisotopic (exact) mass is 550 g/mol. The smallest absolute Gasteiger partial charge is 0.408 e. The molecular weight excluding hydrogens is 512 g/mol. The Balaban J connectivity index is 1.26. The number of nitrogens with two attached hydrogens (primary N) is 1. The van der Waals surface area contributed by atoms with Gasteiger partial charge in [0.25, 0.3) is 0 Å². The topological polar surface area (TPSA) is 158 Å². The molecule has 2 aliphatic rings. The molecule has 0 aliphatic carbocycles. The number of carboxylic acids is 1. The number of benzene rings is 2. The van der Waals surface area contributed by atoms with E-state index >= 15 is 0 Å². The second-order valence-electron chi connectivity index (χ2n) is 11.0. The van der Waals surface area contributed by atoms with Gasteiger partial charge in [0.15, 0.2) is 0 Å². The summed E-state index contributed by atoms with van der Waals surface area (Å²) in [4.78, 5) is 43.4. The summed E-state index contributed by atoms with van der Waals surface area (Å²) in [6.07, 6.45) is 0.317. The molecule has 1 fully saturated rings. The molecular formula is C29H38N6O5. The van der Waals surface area contributed by atoms with Gasteiger partial charge in [0.1, 0.15) is 18.5 Å². The lowest BCUT2D eigenvalue weighted by Crippen LogP contribution is -2.50. The lowest BCUT2D eigenvalue weighted by Gasteiger charge is -2.35. The fraction of sp³-hybridized carbons (Fsp3) is 0.448. The van der Waals surface area contributed by atoms with Crippen molar-refractivity contribution in [3.63, 3.8) is 0 Å². The van der Waals surface area contributed by atoms with Crippen LogP contribution in [-0.4, -0.2) is 67.7 Å². The van der Waals surface area contributed by atoms with Crippen molar-refractivity contribution < 1.29 is 24.2 Å². The maximum atomic E-state index is 12.8. The summed E-state index contributed by atoms with van der Waals surface area (Å²) in [6.45, 7) is 6.92. The number of hydrogen-bond acceptors (Lipinski definition) is 8. The number of nitrogen functional groups attached to an aromatic ring is 1. The molecule has 0 radical (unpaired) electrons. The number of anilines is 2. The highest BCUT2D eigenvalue weighted by Crippen LogP contribution is 2.31. The molecule has 2 aromatic carbocycles. The van der Waals surface area contributed by atoms with Gasteiger partial charge in [-0.15, -0.1) is 0 Å². The summed E-state index contributed by atoms with van der Waals surface area (Å²) in [5, 5.41) is 17.9. The van der Waals surface area contributed by atoms with Crippen LogP contribution >= 0.6 is 0 Å². The summed E-state index contributed by atoms with van der Waals surface area (Å²) >= 11 is 0. The predicted octanol–water partition coefficient (Wildman–Crippen LogP) is 2.36. The minimum atomic E-state index is -1.31. The maximum absolute atomic E-state index is 12.8. The minimum Gasteiger partial charge on any atom is -0.480 e. The van der Waals surface area contributed by atoms with Crippen molar-refractivity contribution in [3.05, 3.63) is 59.7 Å². The second kappa shape index (κ2) is 12.7. The second-order valence-corrected chi connectivity index (χ2v) is 11.0. The molecule has 2 heterocycles. The van der Waals surface area contributed by atoms with Gasteiger partial charge >= 0.3 is 12.1 Å². The molecule has 1 atom stereocenters. The van der Waals surface area contributed by atoms with Crippen LogP contribution in [0.4, 0.5) is 16.2 Å². The summed E-state index contributed by atoms with van der Waals surface area (Å²) < 4.78 is 5.10. The number of aliphatic carboxylic acids is 1.